The molecule has 1 aromatic rings. The van der Waals surface area contributed by atoms with Crippen molar-refractivity contribution in [3.05, 3.63) is 35.4 Å². The van der Waals surface area contributed by atoms with Gasteiger partial charge >= 0.3 is 0 Å². The van der Waals surface area contributed by atoms with Crippen LogP contribution in [-0.2, 0) is 9.53 Å². The lowest BCUT2D eigenvalue weighted by Crippen LogP contribution is -2.44. The topological polar surface area (TPSA) is 53.1 Å². The van der Waals surface area contributed by atoms with Crippen molar-refractivity contribution in [1.29, 1.82) is 0 Å². The van der Waals surface area contributed by atoms with Gasteiger partial charge in [0.2, 0.25) is 5.91 Å². The van der Waals surface area contributed by atoms with Crippen LogP contribution in [0, 0.1) is 23.0 Å². The zero-order valence-electron chi connectivity index (χ0n) is 15.9. The number of carbonyl (C=O) groups is 2. The Morgan fingerprint density at radius 1 is 1.22 bits per heavy atom. The molecule has 8 heteroatoms. The van der Waals surface area contributed by atoms with Gasteiger partial charge in [-0.2, -0.15) is 0 Å². The molecule has 2 saturated heterocycles. The molecule has 2 aliphatic rings. The van der Waals surface area contributed by atoms with Crippen LogP contribution in [0.25, 0.3) is 0 Å². The molecule has 0 bridgehead atoms. The zero-order chi connectivity index (χ0) is 19.8. The maximum Gasteiger partial charge on any atom is 0.256 e. The molecular weight excluding hydrogens is 356 g/mol. The van der Waals surface area contributed by atoms with Gasteiger partial charge in [-0.15, -0.1) is 0 Å². The van der Waals surface area contributed by atoms with E-state index in [1.807, 2.05) is 19.0 Å². The van der Waals surface area contributed by atoms with Gasteiger partial charge in [-0.1, -0.05) is 0 Å². The van der Waals surface area contributed by atoms with E-state index in [0.717, 1.165) is 18.2 Å². The predicted octanol–water partition coefficient (Wildman–Crippen LogP) is 1.07. The lowest BCUT2D eigenvalue weighted by Gasteiger charge is -2.32. The molecule has 2 atom stereocenters. The van der Waals surface area contributed by atoms with Gasteiger partial charge in [0.1, 0.15) is 18.2 Å². The first-order chi connectivity index (χ1) is 12.8. The third-order valence-corrected chi connectivity index (χ3v) is 5.46. The summed E-state index contributed by atoms with van der Waals surface area (Å²) in [7, 11) is 5.38. The number of methoxy groups -OCH3 is 1. The first-order valence-electron chi connectivity index (χ1n) is 8.91. The van der Waals surface area contributed by atoms with Crippen LogP contribution >= 0.6 is 0 Å². The number of ether oxygens (including phenoxy) is 1. The number of amides is 2. The number of hydrogen-bond donors (Lipinski definition) is 0. The van der Waals surface area contributed by atoms with Crippen molar-refractivity contribution in [2.75, 3.05) is 60.5 Å². The summed E-state index contributed by atoms with van der Waals surface area (Å²) >= 11 is 0. The van der Waals surface area contributed by atoms with E-state index < -0.39 is 17.5 Å². The van der Waals surface area contributed by atoms with Crippen LogP contribution in [0.2, 0.25) is 0 Å². The van der Waals surface area contributed by atoms with Crippen LogP contribution in [0.1, 0.15) is 10.4 Å². The Kier molecular flexibility index (Phi) is 5.48. The Labute approximate surface area is 157 Å². The molecule has 2 amide bonds. The molecule has 0 aromatic heterocycles. The maximum atomic E-state index is 14.0. The number of rotatable bonds is 5. The van der Waals surface area contributed by atoms with Crippen LogP contribution in [-0.4, -0.2) is 87.0 Å². The molecule has 1 aromatic carbocycles. The summed E-state index contributed by atoms with van der Waals surface area (Å²) in [4.78, 5) is 30.4. The molecule has 0 N–H and O–H groups in total. The number of hydrogen-bond acceptors (Lipinski definition) is 4. The van der Waals surface area contributed by atoms with Gasteiger partial charge in [-0.25, -0.2) is 8.78 Å². The van der Waals surface area contributed by atoms with E-state index in [-0.39, 0.29) is 29.4 Å². The van der Waals surface area contributed by atoms with E-state index in [4.69, 9.17) is 4.74 Å². The average molecular weight is 381 g/mol. The van der Waals surface area contributed by atoms with Crippen molar-refractivity contribution < 1.29 is 23.1 Å². The lowest BCUT2D eigenvalue weighted by atomic mass is 9.80. The van der Waals surface area contributed by atoms with Crippen molar-refractivity contribution in [3.8, 4) is 0 Å². The number of carbonyl (C=O) groups excluding carboxylic acids is 2. The van der Waals surface area contributed by atoms with Gasteiger partial charge in [0.25, 0.3) is 5.91 Å². The minimum absolute atomic E-state index is 0.0297. The third-order valence-electron chi connectivity index (χ3n) is 5.46. The third kappa shape index (κ3) is 3.82. The maximum absolute atomic E-state index is 14.0. The van der Waals surface area contributed by atoms with Crippen molar-refractivity contribution >= 4 is 11.8 Å². The van der Waals surface area contributed by atoms with E-state index in [9.17, 15) is 18.4 Å². The molecule has 2 aliphatic heterocycles. The molecule has 0 unspecified atom stereocenters. The van der Waals surface area contributed by atoms with E-state index in [2.05, 4.69) is 0 Å². The lowest BCUT2D eigenvalue weighted by molar-refractivity contribution is -0.134. The molecule has 0 spiro atoms. The first kappa shape index (κ1) is 19.7. The molecule has 3 rings (SSSR count). The molecule has 6 nitrogen and oxygen atoms in total. The fraction of sp³-hybridized carbons (Fsp3) is 0.579. The predicted molar refractivity (Wildman–Crippen MR) is 95.2 cm³/mol. The van der Waals surface area contributed by atoms with E-state index in [0.29, 0.717) is 32.7 Å². The molecule has 2 fully saturated rings. The van der Waals surface area contributed by atoms with Crippen LogP contribution in [0.15, 0.2) is 18.2 Å². The monoisotopic (exact) mass is 381 g/mol. The smallest absolute Gasteiger partial charge is 0.256 e. The number of nitrogens with zero attached hydrogens (tertiary/aromatic N) is 3. The minimum atomic E-state index is -0.725. The van der Waals surface area contributed by atoms with E-state index >= 15 is 0 Å². The standard InChI is InChI=1S/C19H25F2N3O3/c1-22(2)10-19-11-23(17(25)9-27-3)7-13(19)8-24(12-19)18(26)15-6-14(20)4-5-16(15)21/h4-6,13H,7-12H2,1-3H3/t13-,19+/m1/s1. The molecule has 0 radical (unpaired) electrons. The van der Waals surface area contributed by atoms with Gasteiger partial charge in [0.15, 0.2) is 0 Å². The largest absolute Gasteiger partial charge is 0.375 e. The molecule has 0 saturated carbocycles. The SMILES string of the molecule is COCC(=O)N1C[C@@H]2CN(C(=O)c3cc(F)ccc3F)C[C@]2(CN(C)C)C1. The summed E-state index contributed by atoms with van der Waals surface area (Å²) in [5.41, 5.74) is -0.533. The van der Waals surface area contributed by atoms with Crippen LogP contribution < -0.4 is 0 Å². The number of halogens is 2. The molecule has 27 heavy (non-hydrogen) atoms. The Hall–Kier alpha value is -2.06. The highest BCUT2D eigenvalue weighted by Gasteiger charge is 2.54. The van der Waals surface area contributed by atoms with Gasteiger partial charge in [-0.3, -0.25) is 9.59 Å². The summed E-state index contributed by atoms with van der Waals surface area (Å²) in [5, 5.41) is 0. The van der Waals surface area contributed by atoms with Gasteiger partial charge in [-0.05, 0) is 32.3 Å². The van der Waals surface area contributed by atoms with Crippen molar-refractivity contribution in [2.45, 2.75) is 0 Å². The van der Waals surface area contributed by atoms with Crippen molar-refractivity contribution in [3.63, 3.8) is 0 Å². The van der Waals surface area contributed by atoms with Gasteiger partial charge in [0.05, 0.1) is 5.56 Å². The van der Waals surface area contributed by atoms with Crippen LogP contribution in [0.5, 0.6) is 0 Å². The Bertz CT molecular complexity index is 743. The molecular formula is C19H25F2N3O3. The second kappa shape index (κ2) is 7.52. The Balaban J connectivity index is 1.81. The minimum Gasteiger partial charge on any atom is -0.375 e. The summed E-state index contributed by atoms with van der Waals surface area (Å²) in [5.74, 6) is -1.86. The molecule has 148 valence electrons. The first-order valence-corrected chi connectivity index (χ1v) is 8.91. The van der Waals surface area contributed by atoms with Crippen molar-refractivity contribution in [1.82, 2.24) is 14.7 Å². The quantitative estimate of drug-likeness (QED) is 0.766. The number of fused-ring (bicyclic) bond motifs is 1. The average Bonchev–Trinajstić information content (AvgIpc) is 3.09. The molecule has 0 aliphatic carbocycles. The highest BCUT2D eigenvalue weighted by molar-refractivity contribution is 5.94. The second-order valence-corrected chi connectivity index (χ2v) is 7.81. The van der Waals surface area contributed by atoms with Gasteiger partial charge < -0.3 is 19.4 Å². The fourth-order valence-electron chi connectivity index (χ4n) is 4.42. The summed E-state index contributed by atoms with van der Waals surface area (Å²) in [6.45, 7) is 2.60. The highest BCUT2D eigenvalue weighted by atomic mass is 19.1. The Morgan fingerprint density at radius 2 is 1.89 bits per heavy atom. The van der Waals surface area contributed by atoms with Crippen molar-refractivity contribution in [2.24, 2.45) is 11.3 Å². The van der Waals surface area contributed by atoms with Crippen LogP contribution in [0.3, 0.4) is 0 Å². The summed E-state index contributed by atoms with van der Waals surface area (Å²) in [6, 6.07) is 2.91. The highest BCUT2D eigenvalue weighted by Crippen LogP contribution is 2.43. The van der Waals surface area contributed by atoms with E-state index in [1.165, 1.54) is 7.11 Å². The normalized spacial score (nSPS) is 24.6. The summed E-state index contributed by atoms with van der Waals surface area (Å²) in [6.07, 6.45) is 0. The van der Waals surface area contributed by atoms with E-state index in [1.54, 1.807) is 9.80 Å². The zero-order valence-corrected chi connectivity index (χ0v) is 15.9. The number of likely N-dealkylation sites (tertiary alicyclic amines) is 2. The van der Waals surface area contributed by atoms with Crippen LogP contribution in [0.4, 0.5) is 8.78 Å². The Morgan fingerprint density at radius 3 is 2.56 bits per heavy atom. The fourth-order valence-corrected chi connectivity index (χ4v) is 4.42. The second-order valence-electron chi connectivity index (χ2n) is 7.81. The number of benzene rings is 1. The van der Waals surface area contributed by atoms with Gasteiger partial charge in [0, 0.05) is 51.2 Å². The molecule has 2 heterocycles. The summed E-state index contributed by atoms with van der Waals surface area (Å²) < 4.78 is 32.5.